The maximum absolute atomic E-state index is 12.6. The quantitative estimate of drug-likeness (QED) is 0.844. The lowest BCUT2D eigenvalue weighted by atomic mass is 10.1. The summed E-state index contributed by atoms with van der Waals surface area (Å²) in [5.41, 5.74) is 0.302. The second kappa shape index (κ2) is 5.64. The summed E-state index contributed by atoms with van der Waals surface area (Å²) in [5, 5.41) is 8.71. The van der Waals surface area contributed by atoms with E-state index in [9.17, 15) is 26.7 Å². The number of hydrogen-bond donors (Lipinski definition) is 1. The van der Waals surface area contributed by atoms with Crippen molar-refractivity contribution in [3.8, 4) is 5.75 Å². The Morgan fingerprint density at radius 2 is 1.85 bits per heavy atom. The molecule has 0 spiro atoms. The van der Waals surface area contributed by atoms with Gasteiger partial charge in [-0.2, -0.15) is 22.0 Å². The normalized spacial score (nSPS) is 12.3. The Bertz CT molecular complexity index is 496. The molecule has 0 atom stereocenters. The van der Waals surface area contributed by atoms with Crippen molar-refractivity contribution < 1.29 is 36.6 Å². The molecule has 0 unspecified atom stereocenters. The van der Waals surface area contributed by atoms with Crippen LogP contribution in [0.25, 0.3) is 0 Å². The molecule has 8 heteroatoms. The molecule has 1 rings (SSSR count). The molecule has 0 amide bonds. The Hall–Kier alpha value is -1.86. The molecule has 0 heterocycles. The van der Waals surface area contributed by atoms with Gasteiger partial charge in [-0.05, 0) is 30.7 Å². The third-order valence-corrected chi connectivity index (χ3v) is 2.51. The first kappa shape index (κ1) is 16.2. The molecule has 0 aliphatic rings. The first-order chi connectivity index (χ1) is 9.04. The SMILES string of the molecule is Cc1cc(C(=O)O)ccc1OCCC(F)(F)C(F)(F)F. The molecule has 112 valence electrons. The second-order valence-electron chi connectivity index (χ2n) is 4.09. The lowest BCUT2D eigenvalue weighted by molar-refractivity contribution is -0.285. The van der Waals surface area contributed by atoms with Crippen LogP contribution in [0.3, 0.4) is 0 Å². The zero-order chi connectivity index (χ0) is 15.6. The number of carboxylic acids is 1. The van der Waals surface area contributed by atoms with Crippen LogP contribution < -0.4 is 4.74 Å². The number of alkyl halides is 5. The number of benzene rings is 1. The predicted molar refractivity (Wildman–Crippen MR) is 59.3 cm³/mol. The highest BCUT2D eigenvalue weighted by molar-refractivity contribution is 5.88. The van der Waals surface area contributed by atoms with Gasteiger partial charge in [-0.15, -0.1) is 0 Å². The summed E-state index contributed by atoms with van der Waals surface area (Å²) >= 11 is 0. The first-order valence-corrected chi connectivity index (χ1v) is 5.46. The third-order valence-electron chi connectivity index (χ3n) is 2.51. The molecule has 0 radical (unpaired) electrons. The average Bonchev–Trinajstić information content (AvgIpc) is 2.29. The Balaban J connectivity index is 2.66. The molecule has 0 aliphatic carbocycles. The van der Waals surface area contributed by atoms with E-state index in [-0.39, 0.29) is 11.3 Å². The molecular weight excluding hydrogens is 287 g/mol. The Kier molecular flexibility index (Phi) is 4.57. The summed E-state index contributed by atoms with van der Waals surface area (Å²) in [6.45, 7) is 0.628. The van der Waals surface area contributed by atoms with Crippen LogP contribution in [-0.2, 0) is 0 Å². The van der Waals surface area contributed by atoms with Gasteiger partial charge in [0.05, 0.1) is 18.6 Å². The summed E-state index contributed by atoms with van der Waals surface area (Å²) in [6.07, 6.45) is -7.12. The van der Waals surface area contributed by atoms with Crippen molar-refractivity contribution in [1.29, 1.82) is 0 Å². The molecular formula is C12H11F5O3. The maximum Gasteiger partial charge on any atom is 0.453 e. The third kappa shape index (κ3) is 3.82. The minimum absolute atomic E-state index is 0.0320. The van der Waals surface area contributed by atoms with E-state index in [1.54, 1.807) is 0 Å². The fourth-order valence-electron chi connectivity index (χ4n) is 1.38. The van der Waals surface area contributed by atoms with Crippen molar-refractivity contribution in [3.05, 3.63) is 29.3 Å². The second-order valence-corrected chi connectivity index (χ2v) is 4.09. The number of aromatic carboxylic acids is 1. The molecule has 1 aromatic carbocycles. The number of ether oxygens (including phenoxy) is 1. The highest BCUT2D eigenvalue weighted by Gasteiger charge is 2.56. The zero-order valence-electron chi connectivity index (χ0n) is 10.3. The van der Waals surface area contributed by atoms with Crippen LogP contribution in [0.2, 0.25) is 0 Å². The molecule has 0 saturated heterocycles. The van der Waals surface area contributed by atoms with Crippen LogP contribution in [0.4, 0.5) is 22.0 Å². The van der Waals surface area contributed by atoms with Gasteiger partial charge in [-0.25, -0.2) is 4.79 Å². The monoisotopic (exact) mass is 298 g/mol. The van der Waals surface area contributed by atoms with E-state index in [0.29, 0.717) is 5.56 Å². The van der Waals surface area contributed by atoms with Crippen LogP contribution in [0.5, 0.6) is 5.75 Å². The van der Waals surface area contributed by atoms with Gasteiger partial charge >= 0.3 is 18.1 Å². The smallest absolute Gasteiger partial charge is 0.453 e. The first-order valence-electron chi connectivity index (χ1n) is 5.46. The minimum atomic E-state index is -5.61. The van der Waals surface area contributed by atoms with Crippen LogP contribution in [0.15, 0.2) is 18.2 Å². The van der Waals surface area contributed by atoms with Gasteiger partial charge in [0.15, 0.2) is 0 Å². The van der Waals surface area contributed by atoms with Crippen molar-refractivity contribution >= 4 is 5.97 Å². The van der Waals surface area contributed by atoms with E-state index in [0.717, 1.165) is 0 Å². The molecule has 3 nitrogen and oxygen atoms in total. The average molecular weight is 298 g/mol. The van der Waals surface area contributed by atoms with Crippen molar-refractivity contribution in [1.82, 2.24) is 0 Å². The Morgan fingerprint density at radius 1 is 1.25 bits per heavy atom. The van der Waals surface area contributed by atoms with E-state index in [1.165, 1.54) is 25.1 Å². The molecule has 20 heavy (non-hydrogen) atoms. The summed E-state index contributed by atoms with van der Waals surface area (Å²) in [7, 11) is 0. The van der Waals surface area contributed by atoms with Gasteiger partial charge in [0.2, 0.25) is 0 Å². The standard InChI is InChI=1S/C12H11F5O3/c1-7-6-8(10(18)19)2-3-9(7)20-5-4-11(13,14)12(15,16)17/h2-3,6H,4-5H2,1H3,(H,18,19). The molecule has 1 N–H and O–H groups in total. The number of carbonyl (C=O) groups is 1. The van der Waals surface area contributed by atoms with Gasteiger partial charge in [-0.1, -0.05) is 0 Å². The molecule has 0 fully saturated rings. The van der Waals surface area contributed by atoms with E-state index in [1.807, 2.05) is 0 Å². The van der Waals surface area contributed by atoms with Crippen LogP contribution in [0.1, 0.15) is 22.3 Å². The molecule has 1 aromatic rings. The lowest BCUT2D eigenvalue weighted by Crippen LogP contribution is -2.37. The van der Waals surface area contributed by atoms with Gasteiger partial charge in [0, 0.05) is 0 Å². The number of hydrogen-bond acceptors (Lipinski definition) is 2. The summed E-state index contributed by atoms with van der Waals surface area (Å²) < 4.78 is 65.8. The van der Waals surface area contributed by atoms with Gasteiger partial charge in [0.1, 0.15) is 5.75 Å². The molecule has 0 aromatic heterocycles. The van der Waals surface area contributed by atoms with Crippen molar-refractivity contribution in [3.63, 3.8) is 0 Å². The van der Waals surface area contributed by atoms with Gasteiger partial charge < -0.3 is 9.84 Å². The largest absolute Gasteiger partial charge is 0.493 e. The fraction of sp³-hybridized carbons (Fsp3) is 0.417. The topological polar surface area (TPSA) is 46.5 Å². The number of aryl methyl sites for hydroxylation is 1. The van der Waals surface area contributed by atoms with E-state index >= 15 is 0 Å². The minimum Gasteiger partial charge on any atom is -0.493 e. The highest BCUT2D eigenvalue weighted by Crippen LogP contribution is 2.38. The van der Waals surface area contributed by atoms with Crippen LogP contribution in [-0.4, -0.2) is 29.8 Å². The Labute approximate surface area is 111 Å². The predicted octanol–water partition coefficient (Wildman–Crippen LogP) is 3.66. The van der Waals surface area contributed by atoms with Crippen molar-refractivity contribution in [2.75, 3.05) is 6.61 Å². The van der Waals surface area contributed by atoms with E-state index in [4.69, 9.17) is 9.84 Å². The number of halogens is 5. The summed E-state index contributed by atoms with van der Waals surface area (Å²) in [5.74, 6) is -5.93. The van der Waals surface area contributed by atoms with E-state index in [2.05, 4.69) is 0 Å². The highest BCUT2D eigenvalue weighted by atomic mass is 19.4. The Morgan fingerprint density at radius 3 is 2.30 bits per heavy atom. The lowest BCUT2D eigenvalue weighted by Gasteiger charge is -2.19. The summed E-state index contributed by atoms with van der Waals surface area (Å²) in [4.78, 5) is 10.7. The molecule has 0 bridgehead atoms. The van der Waals surface area contributed by atoms with Crippen LogP contribution >= 0.6 is 0 Å². The maximum atomic E-state index is 12.6. The molecule has 0 aliphatic heterocycles. The van der Waals surface area contributed by atoms with Crippen molar-refractivity contribution in [2.45, 2.75) is 25.4 Å². The fourth-order valence-corrected chi connectivity index (χ4v) is 1.38. The summed E-state index contributed by atoms with van der Waals surface area (Å²) in [6, 6.07) is 3.62. The van der Waals surface area contributed by atoms with Gasteiger partial charge in [0.25, 0.3) is 0 Å². The molecule has 0 saturated carbocycles. The zero-order valence-corrected chi connectivity index (χ0v) is 10.3. The van der Waals surface area contributed by atoms with E-state index < -0.39 is 31.1 Å². The van der Waals surface area contributed by atoms with Crippen molar-refractivity contribution in [2.24, 2.45) is 0 Å². The number of rotatable bonds is 5. The van der Waals surface area contributed by atoms with Gasteiger partial charge in [-0.3, -0.25) is 0 Å². The number of carboxylic acid groups (broad SMARTS) is 1. The van der Waals surface area contributed by atoms with Crippen LogP contribution in [0, 0.1) is 6.92 Å².